The number of nitrogens with one attached hydrogen (secondary N) is 1. The van der Waals surface area contributed by atoms with Crippen LogP contribution in [0.2, 0.25) is 0 Å². The van der Waals surface area contributed by atoms with Gasteiger partial charge in [-0.2, -0.15) is 0 Å². The van der Waals surface area contributed by atoms with Crippen LogP contribution in [0, 0.1) is 52.8 Å². The molecule has 4 aliphatic rings. The molecule has 378 valence electrons. The average Bonchev–Trinajstić information content (AvgIpc) is 3.24. The monoisotopic (exact) mass is 1030 g/mol. The van der Waals surface area contributed by atoms with Crippen molar-refractivity contribution in [3.63, 3.8) is 0 Å². The third kappa shape index (κ3) is 16.4. The lowest BCUT2D eigenvalue weighted by atomic mass is 9.83. The topological polar surface area (TPSA) is 205 Å². The molecular weight excluding hydrogens is 953 g/mol. The van der Waals surface area contributed by atoms with Crippen molar-refractivity contribution in [2.45, 2.75) is 173 Å². The number of aliphatic hydroxyl groups excluding tert-OH is 1. The molecular formula is C44H74Cl3NO15S2. The van der Waals surface area contributed by atoms with E-state index in [1.54, 1.807) is 23.5 Å². The molecule has 0 radical (unpaired) electrons. The molecule has 20 atom stereocenters. The number of ether oxygens (including phenoxy) is 10. The first kappa shape index (κ1) is 59.8. The molecule has 9 unspecified atom stereocenters. The fourth-order valence-corrected chi connectivity index (χ4v) is 10.2. The minimum atomic E-state index is -1.99. The Bertz CT molecular complexity index is 1550. The highest BCUT2D eigenvalue weighted by atomic mass is 35.6. The SMILES string of the molecule is CC(=O)OC1C(OC(=N)C(Cl)(Cl)Cl)OC(C)[C@H](C)[C@@H]1C.CCS[C@H]1OC(C(=O)OC)[C@H](O)[C@H](C)C1C.CCS[C@H]1OC(C(=O)OC)[C@H](O[C@@H]2O[C@@H](C)[C@H](C)C(C)C2OC(C)=O)[C@H](C)C1C. The number of thioether (sulfide) groups is 2. The van der Waals surface area contributed by atoms with E-state index in [0.717, 1.165) is 11.5 Å². The van der Waals surface area contributed by atoms with Gasteiger partial charge >= 0.3 is 23.9 Å². The summed E-state index contributed by atoms with van der Waals surface area (Å²) in [6.45, 7) is 26.8. The van der Waals surface area contributed by atoms with Gasteiger partial charge in [-0.25, -0.2) is 9.59 Å². The molecule has 4 heterocycles. The van der Waals surface area contributed by atoms with Crippen molar-refractivity contribution >= 4 is 88.1 Å². The molecule has 0 amide bonds. The number of carbonyl (C=O) groups excluding carboxylic acids is 4. The zero-order valence-corrected chi connectivity index (χ0v) is 44.5. The highest BCUT2D eigenvalue weighted by molar-refractivity contribution is 7.99. The first-order valence-corrected chi connectivity index (χ1v) is 25.4. The minimum absolute atomic E-state index is 0.0171. The zero-order chi connectivity index (χ0) is 49.8. The normalized spacial score (nSPS) is 39.4. The molecule has 0 saturated carbocycles. The van der Waals surface area contributed by atoms with Crippen molar-refractivity contribution in [3.8, 4) is 0 Å². The van der Waals surface area contributed by atoms with E-state index in [0.29, 0.717) is 0 Å². The smallest absolute Gasteiger partial charge is 0.337 e. The Morgan fingerprint density at radius 3 is 1.37 bits per heavy atom. The number of alkyl halides is 3. The number of hydrogen-bond acceptors (Lipinski definition) is 18. The minimum Gasteiger partial charge on any atom is -0.467 e. The number of aliphatic hydroxyl groups is 1. The van der Waals surface area contributed by atoms with Crippen molar-refractivity contribution in [3.05, 3.63) is 0 Å². The molecule has 4 rings (SSSR count). The van der Waals surface area contributed by atoms with E-state index in [-0.39, 0.29) is 76.4 Å². The summed E-state index contributed by atoms with van der Waals surface area (Å²) >= 11 is 20.1. The molecule has 4 fully saturated rings. The van der Waals surface area contributed by atoms with Crippen molar-refractivity contribution in [1.82, 2.24) is 0 Å². The van der Waals surface area contributed by atoms with Gasteiger partial charge in [0, 0.05) is 25.7 Å². The van der Waals surface area contributed by atoms with Crippen molar-refractivity contribution in [2.24, 2.45) is 47.3 Å². The summed E-state index contributed by atoms with van der Waals surface area (Å²) in [6, 6.07) is 0. The quantitative estimate of drug-likeness (QED) is 0.0666. The molecule has 0 aromatic rings. The van der Waals surface area contributed by atoms with Crippen LogP contribution >= 0.6 is 58.3 Å². The van der Waals surface area contributed by atoms with Crippen LogP contribution in [0.3, 0.4) is 0 Å². The van der Waals surface area contributed by atoms with E-state index in [9.17, 15) is 24.3 Å². The predicted octanol–water partition coefficient (Wildman–Crippen LogP) is 7.81. The second-order valence-corrected chi connectivity index (χ2v) is 22.3. The van der Waals surface area contributed by atoms with Crippen LogP contribution in [0.25, 0.3) is 0 Å². The van der Waals surface area contributed by atoms with Crippen LogP contribution in [0.5, 0.6) is 0 Å². The Labute approximate surface area is 409 Å². The van der Waals surface area contributed by atoms with Crippen molar-refractivity contribution in [1.29, 1.82) is 5.41 Å². The molecule has 21 heteroatoms. The highest BCUT2D eigenvalue weighted by Gasteiger charge is 2.51. The number of methoxy groups -OCH3 is 2. The summed E-state index contributed by atoms with van der Waals surface area (Å²) in [5.41, 5.74) is -0.166. The van der Waals surface area contributed by atoms with Gasteiger partial charge in [-0.05, 0) is 60.9 Å². The standard InChI is InChI=1S/C21H36O7S.C12H18Cl3NO4.C11H20O4S/c1-9-29-21-13(5)12(4)16(18(28-21)19(23)24-8)27-20-17(26-15(7)22)11(3)10(2)14(6)25-20;1-5-6(2)9(19-8(4)17)10(18-7(5)3)20-11(16)12(13,14)15;1-5-16-11-7(3)6(2)8(12)9(15-11)10(13)14-4/h10-14,16-18,20-21H,9H2,1-8H3;5-7,9-10,16H,1-4H3;6-9,11-12H,5H2,1-4H3/t10-,11?,12-,13?,14+,16-,17?,18?,20+,21-;5-,6+,7?,9?,10?;6-,7?,8-,9?,11-/m111/s1. The maximum Gasteiger partial charge on any atom is 0.337 e. The number of hydrogen-bond donors (Lipinski definition) is 2. The Morgan fingerprint density at radius 2 is 0.954 bits per heavy atom. The lowest BCUT2D eigenvalue weighted by Crippen LogP contribution is -2.58. The Hall–Kier alpha value is -1.32. The Kier molecular flexibility index (Phi) is 25.0. The third-order valence-electron chi connectivity index (χ3n) is 13.1. The molecule has 0 aliphatic carbocycles. The number of halogens is 3. The molecule has 16 nitrogen and oxygen atoms in total. The molecule has 0 aromatic heterocycles. The lowest BCUT2D eigenvalue weighted by Gasteiger charge is -2.48. The molecule has 65 heavy (non-hydrogen) atoms. The summed E-state index contributed by atoms with van der Waals surface area (Å²) in [4.78, 5) is 46.9. The van der Waals surface area contributed by atoms with E-state index in [1.165, 1.54) is 28.1 Å². The maximum atomic E-state index is 12.5. The molecule has 0 spiro atoms. The largest absolute Gasteiger partial charge is 0.467 e. The van der Waals surface area contributed by atoms with Crippen LogP contribution in [0.15, 0.2) is 0 Å². The van der Waals surface area contributed by atoms with Crippen LogP contribution in [0.1, 0.15) is 96.9 Å². The van der Waals surface area contributed by atoms with Gasteiger partial charge in [-0.15, -0.1) is 23.5 Å². The number of rotatable bonds is 11. The van der Waals surface area contributed by atoms with E-state index < -0.39 is 76.8 Å². The van der Waals surface area contributed by atoms with Gasteiger partial charge in [0.25, 0.3) is 3.79 Å². The second kappa shape index (κ2) is 27.2. The van der Waals surface area contributed by atoms with Gasteiger partial charge in [0.2, 0.25) is 12.2 Å². The number of esters is 4. The van der Waals surface area contributed by atoms with Gasteiger partial charge in [0.15, 0.2) is 30.7 Å². The Morgan fingerprint density at radius 1 is 0.569 bits per heavy atom. The molecule has 0 bridgehead atoms. The third-order valence-corrected chi connectivity index (χ3v) is 16.0. The Balaban J connectivity index is 0.000000353. The zero-order valence-electron chi connectivity index (χ0n) is 40.6. The first-order chi connectivity index (χ1) is 30.2. The van der Waals surface area contributed by atoms with Gasteiger partial charge in [-0.1, -0.05) is 104 Å². The van der Waals surface area contributed by atoms with E-state index in [1.807, 2.05) is 55.4 Å². The van der Waals surface area contributed by atoms with E-state index in [2.05, 4.69) is 32.4 Å². The molecule has 2 N–H and O–H groups in total. The van der Waals surface area contributed by atoms with Gasteiger partial charge < -0.3 is 52.5 Å². The van der Waals surface area contributed by atoms with E-state index >= 15 is 0 Å². The van der Waals surface area contributed by atoms with Gasteiger partial charge in [-0.3, -0.25) is 15.0 Å². The van der Waals surface area contributed by atoms with E-state index in [4.69, 9.17) is 82.8 Å². The number of carbonyl (C=O) groups is 4. The predicted molar refractivity (Wildman–Crippen MR) is 251 cm³/mol. The highest BCUT2D eigenvalue weighted by Crippen LogP contribution is 2.42. The fourth-order valence-electron chi connectivity index (χ4n) is 7.90. The summed E-state index contributed by atoms with van der Waals surface area (Å²) in [6.07, 6.45) is -6.22. The van der Waals surface area contributed by atoms with Crippen LogP contribution in [-0.2, 0) is 66.5 Å². The van der Waals surface area contributed by atoms with Crippen LogP contribution < -0.4 is 0 Å². The van der Waals surface area contributed by atoms with Gasteiger partial charge in [0.05, 0.1) is 32.5 Å². The summed E-state index contributed by atoms with van der Waals surface area (Å²) in [5, 5.41) is 17.6. The van der Waals surface area contributed by atoms with Crippen molar-refractivity contribution in [2.75, 3.05) is 25.7 Å². The fraction of sp³-hybridized carbons (Fsp3) is 0.886. The molecule has 4 aliphatic heterocycles. The van der Waals surface area contributed by atoms with Crippen molar-refractivity contribution < 1.29 is 71.7 Å². The first-order valence-electron chi connectivity index (χ1n) is 22.2. The summed E-state index contributed by atoms with van der Waals surface area (Å²) < 4.78 is 53.5. The second-order valence-electron chi connectivity index (χ2n) is 17.3. The summed E-state index contributed by atoms with van der Waals surface area (Å²) in [7, 11) is 2.65. The lowest BCUT2D eigenvalue weighted by molar-refractivity contribution is -0.308. The van der Waals surface area contributed by atoms with Crippen LogP contribution in [0.4, 0.5) is 0 Å². The molecule has 0 aromatic carbocycles. The van der Waals surface area contributed by atoms with Crippen LogP contribution in [-0.4, -0.2) is 137 Å². The van der Waals surface area contributed by atoms with Gasteiger partial charge in [0.1, 0.15) is 17.0 Å². The molecule has 4 saturated heterocycles. The maximum absolute atomic E-state index is 12.5. The summed E-state index contributed by atoms with van der Waals surface area (Å²) in [5.74, 6) is 0.243. The average molecular weight is 1030 g/mol.